The highest BCUT2D eigenvalue weighted by molar-refractivity contribution is 6.31. The molecule has 0 radical (unpaired) electrons. The fraction of sp³-hybridized carbons (Fsp3) is 0.286. The molecular weight excluding hydrogens is 498 g/mol. The lowest BCUT2D eigenvalue weighted by Gasteiger charge is -2.17. The molecule has 3 aromatic heterocycles. The van der Waals surface area contributed by atoms with Crippen molar-refractivity contribution in [3.8, 4) is 17.1 Å². The molecule has 1 aliphatic rings. The molecule has 1 fully saturated rings. The number of hydrogen-bond donors (Lipinski definition) is 1. The summed E-state index contributed by atoms with van der Waals surface area (Å²) in [4.78, 5) is 26.5. The zero-order valence-electron chi connectivity index (χ0n) is 20.8. The van der Waals surface area contributed by atoms with E-state index in [1.165, 1.54) is 22.8 Å². The predicted octanol–water partition coefficient (Wildman–Crippen LogP) is 5.74. The van der Waals surface area contributed by atoms with Crippen molar-refractivity contribution in [1.29, 1.82) is 0 Å². The number of aliphatic hydroxyl groups is 1. The van der Waals surface area contributed by atoms with Gasteiger partial charge in [-0.2, -0.15) is 0 Å². The maximum Gasteiger partial charge on any atom is 0.274 e. The Morgan fingerprint density at radius 2 is 1.76 bits per heavy atom. The van der Waals surface area contributed by atoms with Crippen LogP contribution >= 0.6 is 11.6 Å². The van der Waals surface area contributed by atoms with E-state index in [1.54, 1.807) is 45.3 Å². The third kappa shape index (κ3) is 4.55. The minimum absolute atomic E-state index is 0.0268. The predicted molar refractivity (Wildman–Crippen MR) is 137 cm³/mol. The largest absolute Gasteiger partial charge is 0.382 e. The first-order chi connectivity index (χ1) is 17.5. The first kappa shape index (κ1) is 25.2. The van der Waals surface area contributed by atoms with Gasteiger partial charge < -0.3 is 5.11 Å². The van der Waals surface area contributed by atoms with Gasteiger partial charge in [-0.15, -0.1) is 0 Å². The first-order valence-electron chi connectivity index (χ1n) is 11.9. The van der Waals surface area contributed by atoms with Crippen LogP contribution in [0.25, 0.3) is 17.1 Å². The summed E-state index contributed by atoms with van der Waals surface area (Å²) >= 11 is 6.58. The number of benzene rings is 1. The van der Waals surface area contributed by atoms with Gasteiger partial charge in [-0.1, -0.05) is 17.7 Å². The van der Waals surface area contributed by atoms with E-state index in [-0.39, 0.29) is 28.2 Å². The highest BCUT2D eigenvalue weighted by Crippen LogP contribution is 2.57. The normalized spacial score (nSPS) is 17.2. The highest BCUT2D eigenvalue weighted by Gasteiger charge is 2.44. The van der Waals surface area contributed by atoms with E-state index in [2.05, 4.69) is 15.0 Å². The molecule has 1 N–H and O–H groups in total. The summed E-state index contributed by atoms with van der Waals surface area (Å²) in [6, 6.07) is 9.05. The minimum Gasteiger partial charge on any atom is -0.382 e. The number of halogens is 3. The number of hydrogen-bond acceptors (Lipinski definition) is 5. The van der Waals surface area contributed by atoms with Crippen LogP contribution in [0, 0.1) is 25.5 Å². The van der Waals surface area contributed by atoms with Crippen LogP contribution in [0.1, 0.15) is 60.3 Å². The molecule has 0 saturated heterocycles. The fourth-order valence-electron chi connectivity index (χ4n) is 4.72. The maximum absolute atomic E-state index is 14.3. The summed E-state index contributed by atoms with van der Waals surface area (Å²) in [7, 11) is 0. The Kier molecular flexibility index (Phi) is 6.20. The summed E-state index contributed by atoms with van der Waals surface area (Å²) in [6.07, 6.45) is 3.70. The third-order valence-corrected chi connectivity index (χ3v) is 7.08. The van der Waals surface area contributed by atoms with E-state index in [0.717, 1.165) is 5.56 Å². The van der Waals surface area contributed by atoms with Crippen LogP contribution in [0.4, 0.5) is 8.78 Å². The quantitative estimate of drug-likeness (QED) is 0.362. The van der Waals surface area contributed by atoms with Gasteiger partial charge in [-0.05, 0) is 87.4 Å². The monoisotopic (exact) mass is 522 g/mol. The van der Waals surface area contributed by atoms with Crippen LogP contribution in [0.2, 0.25) is 5.02 Å². The van der Waals surface area contributed by atoms with Crippen molar-refractivity contribution in [2.45, 2.75) is 51.6 Å². The average Bonchev–Trinajstić information content (AvgIpc) is 3.62. The van der Waals surface area contributed by atoms with Gasteiger partial charge in [0.1, 0.15) is 22.3 Å². The van der Waals surface area contributed by atoms with Crippen molar-refractivity contribution in [1.82, 2.24) is 19.5 Å². The molecule has 0 aliphatic heterocycles. The Morgan fingerprint density at radius 1 is 1.05 bits per heavy atom. The van der Waals surface area contributed by atoms with Crippen molar-refractivity contribution >= 4 is 11.6 Å². The maximum atomic E-state index is 14.3. The van der Waals surface area contributed by atoms with E-state index >= 15 is 0 Å². The summed E-state index contributed by atoms with van der Waals surface area (Å²) in [5, 5.41) is 10.3. The summed E-state index contributed by atoms with van der Waals surface area (Å²) < 4.78 is 30.1. The van der Waals surface area contributed by atoms with Gasteiger partial charge in [0.15, 0.2) is 5.82 Å². The second-order valence-corrected chi connectivity index (χ2v) is 10.3. The molecular formula is C28H25ClF2N4O2. The Labute approximate surface area is 217 Å². The molecule has 5 rings (SSSR count). The van der Waals surface area contributed by atoms with Gasteiger partial charge in [0.05, 0.1) is 17.1 Å². The molecule has 0 spiro atoms. The number of pyridine rings is 2. The van der Waals surface area contributed by atoms with Crippen LogP contribution < -0.4 is 5.56 Å². The number of nitrogens with zero attached hydrogens (tertiary/aromatic N) is 4. The van der Waals surface area contributed by atoms with E-state index < -0.39 is 22.8 Å². The Balaban J connectivity index is 1.55. The van der Waals surface area contributed by atoms with Crippen LogP contribution in [0.5, 0.6) is 0 Å². The lowest BCUT2D eigenvalue weighted by Crippen LogP contribution is -2.23. The molecule has 3 heterocycles. The van der Waals surface area contributed by atoms with Gasteiger partial charge in [0.2, 0.25) is 0 Å². The van der Waals surface area contributed by atoms with Crippen molar-refractivity contribution < 1.29 is 13.9 Å². The summed E-state index contributed by atoms with van der Waals surface area (Å²) in [5.74, 6) is -1.54. The Bertz CT molecular complexity index is 1580. The molecule has 190 valence electrons. The minimum atomic E-state index is -1.23. The molecule has 0 bridgehead atoms. The smallest absolute Gasteiger partial charge is 0.274 e. The Morgan fingerprint density at radius 3 is 2.43 bits per heavy atom. The molecule has 1 aromatic carbocycles. The fourth-order valence-corrected chi connectivity index (χ4v) is 5.00. The zero-order valence-corrected chi connectivity index (χ0v) is 21.5. The third-order valence-electron chi connectivity index (χ3n) is 6.70. The van der Waals surface area contributed by atoms with Gasteiger partial charge in [0, 0.05) is 23.7 Å². The van der Waals surface area contributed by atoms with Crippen molar-refractivity contribution in [2.24, 2.45) is 0 Å². The number of aromatic nitrogens is 4. The average molecular weight is 523 g/mol. The molecule has 2 atom stereocenters. The van der Waals surface area contributed by atoms with Gasteiger partial charge in [-0.25, -0.2) is 18.7 Å². The molecule has 0 unspecified atom stereocenters. The van der Waals surface area contributed by atoms with E-state index in [0.29, 0.717) is 34.8 Å². The van der Waals surface area contributed by atoms with E-state index in [9.17, 15) is 18.7 Å². The molecule has 0 amide bonds. The molecule has 1 aliphatic carbocycles. The SMILES string of the molecule is Cc1cnc(-c2ccnc(C(C)(C)O)n2)cc1-n1c(C)cc([C@H]2C[C@@H]2c2c(F)cccc2F)c(Cl)c1=O. The Hall–Kier alpha value is -3.49. The summed E-state index contributed by atoms with van der Waals surface area (Å²) in [5.41, 5.74) is 1.92. The highest BCUT2D eigenvalue weighted by atomic mass is 35.5. The van der Waals surface area contributed by atoms with E-state index in [4.69, 9.17) is 11.6 Å². The van der Waals surface area contributed by atoms with Crippen molar-refractivity contribution in [2.75, 3.05) is 0 Å². The lowest BCUT2D eigenvalue weighted by molar-refractivity contribution is 0.0688. The number of rotatable bonds is 5. The summed E-state index contributed by atoms with van der Waals surface area (Å²) in [6.45, 7) is 6.81. The van der Waals surface area contributed by atoms with E-state index in [1.807, 2.05) is 13.0 Å². The second kappa shape index (κ2) is 9.11. The molecule has 6 nitrogen and oxygen atoms in total. The van der Waals surface area contributed by atoms with Crippen LogP contribution in [-0.2, 0) is 5.60 Å². The topological polar surface area (TPSA) is 80.9 Å². The molecule has 37 heavy (non-hydrogen) atoms. The van der Waals surface area contributed by atoms with Crippen LogP contribution in [0.15, 0.2) is 53.6 Å². The number of aryl methyl sites for hydroxylation is 2. The molecule has 9 heteroatoms. The molecule has 4 aromatic rings. The van der Waals surface area contributed by atoms with Crippen molar-refractivity contribution in [3.05, 3.63) is 104 Å². The van der Waals surface area contributed by atoms with Crippen molar-refractivity contribution in [3.63, 3.8) is 0 Å². The van der Waals surface area contributed by atoms with Crippen LogP contribution in [-0.4, -0.2) is 24.6 Å². The zero-order chi connectivity index (χ0) is 26.6. The molecule has 1 saturated carbocycles. The van der Waals surface area contributed by atoms with Gasteiger partial charge in [0.25, 0.3) is 5.56 Å². The van der Waals surface area contributed by atoms with Gasteiger partial charge in [-0.3, -0.25) is 14.3 Å². The lowest BCUT2D eigenvalue weighted by atomic mass is 10.0. The standard InChI is InChI=1S/C28H25ClF2N4O2/c1-14-13-33-22(21-8-9-32-27(34-21)28(3,4)37)12-23(14)35-15(2)10-18(25(29)26(35)36)16-11-17(16)24-19(30)6-5-7-20(24)31/h5-10,12-13,16-17,37H,11H2,1-4H3/t16-,17-/m0/s1. The first-order valence-corrected chi connectivity index (χ1v) is 12.2. The van der Waals surface area contributed by atoms with Gasteiger partial charge >= 0.3 is 0 Å². The van der Waals surface area contributed by atoms with Crippen LogP contribution in [0.3, 0.4) is 0 Å². The second-order valence-electron chi connectivity index (χ2n) is 9.96.